The summed E-state index contributed by atoms with van der Waals surface area (Å²) in [5.41, 5.74) is 3.01. The van der Waals surface area contributed by atoms with Gasteiger partial charge in [0, 0.05) is 31.4 Å². The fraction of sp³-hybridized carbons (Fsp3) is 0.625. The van der Waals surface area contributed by atoms with Crippen molar-refractivity contribution in [2.45, 2.75) is 45.6 Å². The summed E-state index contributed by atoms with van der Waals surface area (Å²) in [6, 6.07) is 9.74. The summed E-state index contributed by atoms with van der Waals surface area (Å²) in [5, 5.41) is 3.54. The molecule has 1 saturated heterocycles. The second-order valence-corrected chi connectivity index (χ2v) is 6.43. The maximum atomic E-state index is 3.54. The van der Waals surface area contributed by atoms with Crippen LogP contribution < -0.4 is 10.2 Å². The van der Waals surface area contributed by atoms with Gasteiger partial charge < -0.3 is 10.2 Å². The fourth-order valence-electron chi connectivity index (χ4n) is 2.44. The highest BCUT2D eigenvalue weighted by atomic mass is 15.2. The summed E-state index contributed by atoms with van der Waals surface area (Å²) in [5.74, 6) is 0. The highest BCUT2D eigenvalue weighted by Gasteiger charge is 2.16. The first-order valence-corrected chi connectivity index (χ1v) is 7.06. The predicted octanol–water partition coefficient (Wildman–Crippen LogP) is 3.17. The Balaban J connectivity index is 2.09. The topological polar surface area (TPSA) is 15.3 Å². The zero-order chi connectivity index (χ0) is 13.2. The Bertz CT molecular complexity index is 375. The third-order valence-corrected chi connectivity index (χ3v) is 3.81. The summed E-state index contributed by atoms with van der Waals surface area (Å²) < 4.78 is 0. The van der Waals surface area contributed by atoms with Crippen LogP contribution in [0.4, 0.5) is 5.69 Å². The number of rotatable bonds is 1. The van der Waals surface area contributed by atoms with Gasteiger partial charge in [-0.1, -0.05) is 32.9 Å². The maximum absolute atomic E-state index is 3.54. The minimum atomic E-state index is 0.243. The molecule has 1 heterocycles. The highest BCUT2D eigenvalue weighted by Crippen LogP contribution is 2.25. The second-order valence-electron chi connectivity index (χ2n) is 6.43. The predicted molar refractivity (Wildman–Crippen MR) is 79.4 cm³/mol. The Morgan fingerprint density at radius 1 is 1.11 bits per heavy atom. The van der Waals surface area contributed by atoms with Crippen molar-refractivity contribution in [2.24, 2.45) is 0 Å². The molecule has 1 aliphatic heterocycles. The monoisotopic (exact) mass is 246 g/mol. The van der Waals surface area contributed by atoms with Gasteiger partial charge in [0.1, 0.15) is 0 Å². The number of nitrogens with zero attached hydrogens (tertiary/aromatic N) is 1. The minimum absolute atomic E-state index is 0.243. The Morgan fingerprint density at radius 2 is 1.78 bits per heavy atom. The molecular weight excluding hydrogens is 220 g/mol. The smallest absolute Gasteiger partial charge is 0.0366 e. The van der Waals surface area contributed by atoms with Crippen LogP contribution in [0.3, 0.4) is 0 Å². The number of benzene rings is 1. The molecule has 1 unspecified atom stereocenters. The first kappa shape index (κ1) is 13.4. The molecule has 0 spiro atoms. The molecule has 0 aromatic heterocycles. The van der Waals surface area contributed by atoms with Crippen molar-refractivity contribution in [3.05, 3.63) is 29.8 Å². The molecule has 1 aromatic rings. The molecule has 1 N–H and O–H groups in total. The van der Waals surface area contributed by atoms with E-state index in [1.54, 1.807) is 0 Å². The first-order valence-electron chi connectivity index (χ1n) is 7.06. The molecule has 1 atom stereocenters. The van der Waals surface area contributed by atoms with Crippen LogP contribution >= 0.6 is 0 Å². The van der Waals surface area contributed by atoms with Crippen LogP contribution in [0.1, 0.15) is 39.7 Å². The number of anilines is 1. The second kappa shape index (κ2) is 5.31. The molecule has 0 bridgehead atoms. The van der Waals surface area contributed by atoms with E-state index in [2.05, 4.69) is 62.2 Å². The van der Waals surface area contributed by atoms with Crippen LogP contribution in [0.5, 0.6) is 0 Å². The largest absolute Gasteiger partial charge is 0.370 e. The third kappa shape index (κ3) is 3.26. The van der Waals surface area contributed by atoms with Crippen molar-refractivity contribution in [3.8, 4) is 0 Å². The van der Waals surface area contributed by atoms with Gasteiger partial charge in [-0.05, 0) is 36.5 Å². The summed E-state index contributed by atoms with van der Waals surface area (Å²) >= 11 is 0. The maximum Gasteiger partial charge on any atom is 0.0366 e. The first-order chi connectivity index (χ1) is 8.47. The lowest BCUT2D eigenvalue weighted by Crippen LogP contribution is -2.29. The van der Waals surface area contributed by atoms with E-state index < -0.39 is 0 Å². The SMILES string of the molecule is CC1CCN(c2ccc(C(C)(C)C)cc2)CCN1. The Morgan fingerprint density at radius 3 is 2.39 bits per heavy atom. The molecule has 0 radical (unpaired) electrons. The van der Waals surface area contributed by atoms with Gasteiger partial charge in [0.05, 0.1) is 0 Å². The lowest BCUT2D eigenvalue weighted by atomic mass is 9.87. The van der Waals surface area contributed by atoms with Crippen LogP contribution in [0.15, 0.2) is 24.3 Å². The highest BCUT2D eigenvalue weighted by molar-refractivity contribution is 5.48. The molecule has 0 amide bonds. The van der Waals surface area contributed by atoms with E-state index >= 15 is 0 Å². The summed E-state index contributed by atoms with van der Waals surface area (Å²) in [6.45, 7) is 12.4. The third-order valence-electron chi connectivity index (χ3n) is 3.81. The van der Waals surface area contributed by atoms with Gasteiger partial charge in [0.2, 0.25) is 0 Å². The normalized spacial score (nSPS) is 21.8. The van der Waals surface area contributed by atoms with E-state index in [4.69, 9.17) is 0 Å². The summed E-state index contributed by atoms with van der Waals surface area (Å²) in [6.07, 6.45) is 1.22. The number of nitrogens with one attached hydrogen (secondary N) is 1. The van der Waals surface area contributed by atoms with Crippen molar-refractivity contribution < 1.29 is 0 Å². The van der Waals surface area contributed by atoms with Crippen LogP contribution in [-0.2, 0) is 5.41 Å². The molecule has 1 aromatic carbocycles. The van der Waals surface area contributed by atoms with Gasteiger partial charge in [-0.25, -0.2) is 0 Å². The van der Waals surface area contributed by atoms with Crippen molar-refractivity contribution in [2.75, 3.05) is 24.5 Å². The number of hydrogen-bond acceptors (Lipinski definition) is 2. The molecular formula is C16H26N2. The van der Waals surface area contributed by atoms with E-state index in [0.29, 0.717) is 6.04 Å². The molecule has 18 heavy (non-hydrogen) atoms. The number of hydrogen-bond donors (Lipinski definition) is 1. The lowest BCUT2D eigenvalue weighted by Gasteiger charge is -2.24. The zero-order valence-corrected chi connectivity index (χ0v) is 12.2. The van der Waals surface area contributed by atoms with Crippen LogP contribution in [-0.4, -0.2) is 25.7 Å². The van der Waals surface area contributed by atoms with E-state index in [-0.39, 0.29) is 5.41 Å². The molecule has 2 heteroatoms. The zero-order valence-electron chi connectivity index (χ0n) is 12.2. The molecule has 100 valence electrons. The Hall–Kier alpha value is -1.02. The molecule has 2 nitrogen and oxygen atoms in total. The Kier molecular flexibility index (Phi) is 3.96. The quantitative estimate of drug-likeness (QED) is 0.819. The van der Waals surface area contributed by atoms with E-state index in [9.17, 15) is 0 Å². The van der Waals surface area contributed by atoms with Gasteiger partial charge >= 0.3 is 0 Å². The van der Waals surface area contributed by atoms with Crippen LogP contribution in [0.25, 0.3) is 0 Å². The van der Waals surface area contributed by atoms with E-state index in [0.717, 1.165) is 19.6 Å². The minimum Gasteiger partial charge on any atom is -0.370 e. The van der Waals surface area contributed by atoms with E-state index in [1.807, 2.05) is 0 Å². The van der Waals surface area contributed by atoms with Crippen molar-refractivity contribution in [1.29, 1.82) is 0 Å². The molecule has 1 fully saturated rings. The standard InChI is InChI=1S/C16H26N2/c1-13-9-11-18(12-10-17-13)15-7-5-14(6-8-15)16(2,3)4/h5-8,13,17H,9-12H2,1-4H3. The van der Waals surface area contributed by atoms with E-state index in [1.165, 1.54) is 17.7 Å². The van der Waals surface area contributed by atoms with Crippen LogP contribution in [0.2, 0.25) is 0 Å². The molecule has 1 aliphatic rings. The van der Waals surface area contributed by atoms with Gasteiger partial charge in [0.15, 0.2) is 0 Å². The molecule has 0 saturated carbocycles. The van der Waals surface area contributed by atoms with Crippen molar-refractivity contribution >= 4 is 5.69 Å². The molecule has 2 rings (SSSR count). The van der Waals surface area contributed by atoms with Crippen LogP contribution in [0, 0.1) is 0 Å². The van der Waals surface area contributed by atoms with Gasteiger partial charge in [0.25, 0.3) is 0 Å². The summed E-state index contributed by atoms with van der Waals surface area (Å²) in [7, 11) is 0. The van der Waals surface area contributed by atoms with Crippen molar-refractivity contribution in [3.63, 3.8) is 0 Å². The average Bonchev–Trinajstić information content (AvgIpc) is 2.53. The van der Waals surface area contributed by atoms with Crippen molar-refractivity contribution in [1.82, 2.24) is 5.32 Å². The Labute approximate surface area is 111 Å². The van der Waals surface area contributed by atoms with Gasteiger partial charge in [-0.15, -0.1) is 0 Å². The fourth-order valence-corrected chi connectivity index (χ4v) is 2.44. The van der Waals surface area contributed by atoms with Gasteiger partial charge in [-0.2, -0.15) is 0 Å². The lowest BCUT2D eigenvalue weighted by molar-refractivity contribution is 0.566. The molecule has 0 aliphatic carbocycles. The van der Waals surface area contributed by atoms with Gasteiger partial charge in [-0.3, -0.25) is 0 Å². The summed E-state index contributed by atoms with van der Waals surface area (Å²) in [4.78, 5) is 2.49. The average molecular weight is 246 g/mol.